The van der Waals surface area contributed by atoms with Gasteiger partial charge >= 0.3 is 0 Å². The van der Waals surface area contributed by atoms with Crippen molar-refractivity contribution in [2.75, 3.05) is 31.5 Å². The molecule has 0 spiro atoms. The van der Waals surface area contributed by atoms with Crippen LogP contribution in [0.25, 0.3) is 0 Å². The number of rotatable bonds is 4. The van der Waals surface area contributed by atoms with Gasteiger partial charge in [-0.3, -0.25) is 14.7 Å². The molecular formula is C18H20ClFN4O. The number of amides is 1. The summed E-state index contributed by atoms with van der Waals surface area (Å²) in [5, 5.41) is 6.70. The molecule has 0 bridgehead atoms. The lowest BCUT2D eigenvalue weighted by molar-refractivity contribution is 0.102. The minimum atomic E-state index is -0.546. The highest BCUT2D eigenvalue weighted by atomic mass is 35.5. The molecule has 3 rings (SSSR count). The first-order valence-electron chi connectivity index (χ1n) is 8.17. The summed E-state index contributed by atoms with van der Waals surface area (Å²) in [6.07, 6.45) is 2.40. The van der Waals surface area contributed by atoms with Gasteiger partial charge < -0.3 is 10.6 Å². The third kappa shape index (κ3) is 4.54. The average Bonchev–Trinajstić information content (AvgIpc) is 2.60. The first kappa shape index (κ1) is 17.8. The lowest BCUT2D eigenvalue weighted by atomic mass is 10.1. The second-order valence-corrected chi connectivity index (χ2v) is 6.55. The number of aromatic nitrogens is 1. The van der Waals surface area contributed by atoms with Crippen LogP contribution >= 0.6 is 11.6 Å². The summed E-state index contributed by atoms with van der Waals surface area (Å²) >= 11 is 6.24. The van der Waals surface area contributed by atoms with Crippen LogP contribution in [0, 0.1) is 12.7 Å². The molecule has 1 aromatic carbocycles. The van der Waals surface area contributed by atoms with Crippen LogP contribution in [0.5, 0.6) is 0 Å². The van der Waals surface area contributed by atoms with Crippen LogP contribution in [-0.2, 0) is 6.54 Å². The topological polar surface area (TPSA) is 57.3 Å². The fourth-order valence-corrected chi connectivity index (χ4v) is 3.11. The summed E-state index contributed by atoms with van der Waals surface area (Å²) in [7, 11) is 0. The Morgan fingerprint density at radius 1 is 1.32 bits per heavy atom. The third-order valence-corrected chi connectivity index (χ3v) is 4.52. The number of carbonyl (C=O) groups is 1. The number of benzene rings is 1. The van der Waals surface area contributed by atoms with Gasteiger partial charge in [-0.1, -0.05) is 11.6 Å². The van der Waals surface area contributed by atoms with Gasteiger partial charge in [0.05, 0.1) is 11.8 Å². The molecule has 25 heavy (non-hydrogen) atoms. The normalized spacial score (nSPS) is 15.2. The fraction of sp³-hybridized carbons (Fsp3) is 0.333. The van der Waals surface area contributed by atoms with Gasteiger partial charge in [-0.25, -0.2) is 4.39 Å². The Kier molecular flexibility index (Phi) is 5.63. The number of piperazine rings is 1. The highest BCUT2D eigenvalue weighted by Gasteiger charge is 2.15. The highest BCUT2D eigenvalue weighted by molar-refractivity contribution is 6.31. The minimum Gasteiger partial charge on any atom is -0.322 e. The third-order valence-electron chi connectivity index (χ3n) is 4.30. The SMILES string of the molecule is Cc1c(CN2CCNCC2)cc(Cl)cc1NC(=O)c1cncc(F)c1. The minimum absolute atomic E-state index is 0.169. The van der Waals surface area contributed by atoms with Crippen LogP contribution in [0.1, 0.15) is 21.5 Å². The second-order valence-electron chi connectivity index (χ2n) is 6.11. The van der Waals surface area contributed by atoms with E-state index in [1.54, 1.807) is 6.07 Å². The van der Waals surface area contributed by atoms with Gasteiger partial charge in [0.25, 0.3) is 5.91 Å². The summed E-state index contributed by atoms with van der Waals surface area (Å²) in [4.78, 5) is 18.4. The molecular weight excluding hydrogens is 343 g/mol. The van der Waals surface area contributed by atoms with Crippen molar-refractivity contribution in [1.82, 2.24) is 15.2 Å². The van der Waals surface area contributed by atoms with Gasteiger partial charge in [0, 0.05) is 49.6 Å². The van der Waals surface area contributed by atoms with E-state index in [1.807, 2.05) is 13.0 Å². The molecule has 1 aromatic heterocycles. The molecule has 5 nitrogen and oxygen atoms in total. The van der Waals surface area contributed by atoms with Gasteiger partial charge in [0.2, 0.25) is 0 Å². The van der Waals surface area contributed by atoms with Crippen LogP contribution in [0.15, 0.2) is 30.6 Å². The van der Waals surface area contributed by atoms with Gasteiger partial charge in [0.15, 0.2) is 0 Å². The fourth-order valence-electron chi connectivity index (χ4n) is 2.87. The number of carbonyl (C=O) groups excluding carboxylic acids is 1. The maximum Gasteiger partial charge on any atom is 0.257 e. The Balaban J connectivity index is 1.80. The van der Waals surface area contributed by atoms with E-state index >= 15 is 0 Å². The van der Waals surface area contributed by atoms with E-state index in [2.05, 4.69) is 20.5 Å². The first-order chi connectivity index (χ1) is 12.0. The molecule has 2 aromatic rings. The van der Waals surface area contributed by atoms with Crippen molar-refractivity contribution in [1.29, 1.82) is 0 Å². The van der Waals surface area contributed by atoms with E-state index < -0.39 is 11.7 Å². The van der Waals surface area contributed by atoms with Crippen LogP contribution < -0.4 is 10.6 Å². The summed E-state index contributed by atoms with van der Waals surface area (Å²) < 4.78 is 13.3. The first-order valence-corrected chi connectivity index (χ1v) is 8.55. The quantitative estimate of drug-likeness (QED) is 0.878. The van der Waals surface area contributed by atoms with Crippen molar-refractivity contribution in [3.63, 3.8) is 0 Å². The van der Waals surface area contributed by atoms with Crippen molar-refractivity contribution >= 4 is 23.2 Å². The molecule has 1 aliphatic heterocycles. The number of nitrogens with one attached hydrogen (secondary N) is 2. The van der Waals surface area contributed by atoms with Crippen molar-refractivity contribution in [3.8, 4) is 0 Å². The zero-order valence-electron chi connectivity index (χ0n) is 14.0. The zero-order chi connectivity index (χ0) is 17.8. The summed E-state index contributed by atoms with van der Waals surface area (Å²) in [6.45, 7) is 6.61. The Morgan fingerprint density at radius 2 is 2.08 bits per heavy atom. The molecule has 1 aliphatic rings. The number of nitrogens with zero attached hydrogens (tertiary/aromatic N) is 2. The van der Waals surface area contributed by atoms with Gasteiger partial charge in [-0.05, 0) is 36.2 Å². The van der Waals surface area contributed by atoms with E-state index in [1.165, 1.54) is 6.20 Å². The number of hydrogen-bond donors (Lipinski definition) is 2. The Hall–Kier alpha value is -2.02. The van der Waals surface area contributed by atoms with Crippen LogP contribution in [-0.4, -0.2) is 42.0 Å². The van der Waals surface area contributed by atoms with Gasteiger partial charge in [0.1, 0.15) is 5.82 Å². The van der Waals surface area contributed by atoms with Gasteiger partial charge in [-0.2, -0.15) is 0 Å². The molecule has 2 heterocycles. The molecule has 0 radical (unpaired) electrons. The second kappa shape index (κ2) is 7.91. The zero-order valence-corrected chi connectivity index (χ0v) is 14.7. The standard InChI is InChI=1S/C18H20ClFN4O/c1-12-14(11-24-4-2-21-3-5-24)6-15(19)8-17(12)23-18(25)13-7-16(20)10-22-9-13/h6-10,21H,2-5,11H2,1H3,(H,23,25). The molecule has 132 valence electrons. The maximum atomic E-state index is 13.3. The highest BCUT2D eigenvalue weighted by Crippen LogP contribution is 2.26. The van der Waals surface area contributed by atoms with Crippen LogP contribution in [0.3, 0.4) is 0 Å². The van der Waals surface area contributed by atoms with Crippen molar-refractivity contribution in [2.45, 2.75) is 13.5 Å². The molecule has 0 saturated carbocycles. The molecule has 1 fully saturated rings. The molecule has 0 unspecified atom stereocenters. The molecule has 1 amide bonds. The van der Waals surface area contributed by atoms with Crippen molar-refractivity contribution in [3.05, 3.63) is 58.1 Å². The predicted molar refractivity (Wildman–Crippen MR) is 96.5 cm³/mol. The number of pyridine rings is 1. The summed E-state index contributed by atoms with van der Waals surface area (Å²) in [5.41, 5.74) is 2.83. The van der Waals surface area contributed by atoms with E-state index in [4.69, 9.17) is 11.6 Å². The Morgan fingerprint density at radius 3 is 2.80 bits per heavy atom. The maximum absolute atomic E-state index is 13.3. The van der Waals surface area contributed by atoms with E-state index in [9.17, 15) is 9.18 Å². The van der Waals surface area contributed by atoms with Crippen LogP contribution in [0.4, 0.5) is 10.1 Å². The van der Waals surface area contributed by atoms with E-state index in [-0.39, 0.29) is 5.56 Å². The summed E-state index contributed by atoms with van der Waals surface area (Å²) in [6, 6.07) is 4.80. The van der Waals surface area contributed by atoms with E-state index in [0.29, 0.717) is 10.7 Å². The lowest BCUT2D eigenvalue weighted by Gasteiger charge is -2.28. The molecule has 2 N–H and O–H groups in total. The average molecular weight is 363 g/mol. The smallest absolute Gasteiger partial charge is 0.257 e. The summed E-state index contributed by atoms with van der Waals surface area (Å²) in [5.74, 6) is -0.958. The Labute approximate surface area is 151 Å². The number of anilines is 1. The Bertz CT molecular complexity index is 778. The van der Waals surface area contributed by atoms with Gasteiger partial charge in [-0.15, -0.1) is 0 Å². The monoisotopic (exact) mass is 362 g/mol. The largest absolute Gasteiger partial charge is 0.322 e. The number of hydrogen-bond acceptors (Lipinski definition) is 4. The number of halogens is 2. The predicted octanol–water partition coefficient (Wildman–Crippen LogP) is 2.84. The van der Waals surface area contributed by atoms with Crippen molar-refractivity contribution < 1.29 is 9.18 Å². The molecule has 1 saturated heterocycles. The molecule has 7 heteroatoms. The van der Waals surface area contributed by atoms with Crippen LogP contribution in [0.2, 0.25) is 5.02 Å². The van der Waals surface area contributed by atoms with Crippen molar-refractivity contribution in [2.24, 2.45) is 0 Å². The van der Waals surface area contributed by atoms with E-state index in [0.717, 1.165) is 56.1 Å². The molecule has 0 aliphatic carbocycles. The molecule has 0 atom stereocenters. The lowest BCUT2D eigenvalue weighted by Crippen LogP contribution is -2.43.